The summed E-state index contributed by atoms with van der Waals surface area (Å²) in [7, 11) is 0. The molecular formula is C14H16FN5. The predicted octanol–water partition coefficient (Wildman–Crippen LogP) is 2.25. The summed E-state index contributed by atoms with van der Waals surface area (Å²) in [6.45, 7) is 3.91. The van der Waals surface area contributed by atoms with Gasteiger partial charge in [-0.25, -0.2) is 9.07 Å². The third-order valence-corrected chi connectivity index (χ3v) is 3.22. The van der Waals surface area contributed by atoms with E-state index in [1.165, 1.54) is 16.8 Å². The van der Waals surface area contributed by atoms with Crippen molar-refractivity contribution in [3.05, 3.63) is 41.0 Å². The van der Waals surface area contributed by atoms with E-state index in [-0.39, 0.29) is 17.3 Å². The monoisotopic (exact) mass is 273 g/mol. The topological polar surface area (TPSA) is 80.5 Å². The smallest absolute Gasteiger partial charge is 0.150 e. The summed E-state index contributed by atoms with van der Waals surface area (Å²) in [6.07, 6.45) is 1.39. The summed E-state index contributed by atoms with van der Waals surface area (Å²) in [4.78, 5) is 0. The van der Waals surface area contributed by atoms with Crippen molar-refractivity contribution in [2.45, 2.75) is 32.7 Å². The minimum absolute atomic E-state index is 0.208. The lowest BCUT2D eigenvalue weighted by Gasteiger charge is -2.10. The van der Waals surface area contributed by atoms with Gasteiger partial charge in [-0.05, 0) is 31.0 Å². The number of hydrogen-bond donors (Lipinski definition) is 1. The van der Waals surface area contributed by atoms with Gasteiger partial charge in [-0.15, -0.1) is 5.10 Å². The van der Waals surface area contributed by atoms with Gasteiger partial charge < -0.3 is 5.73 Å². The zero-order valence-corrected chi connectivity index (χ0v) is 11.5. The fraction of sp³-hybridized carbons (Fsp3) is 0.357. The first-order chi connectivity index (χ1) is 9.62. The van der Waals surface area contributed by atoms with Crippen LogP contribution in [0.25, 0.3) is 5.69 Å². The van der Waals surface area contributed by atoms with E-state index in [4.69, 9.17) is 11.0 Å². The first-order valence-corrected chi connectivity index (χ1v) is 6.52. The lowest BCUT2D eigenvalue weighted by atomic mass is 10.1. The normalized spacial score (nSPS) is 12.2. The second kappa shape index (κ2) is 5.80. The predicted molar refractivity (Wildman–Crippen MR) is 72.6 cm³/mol. The Morgan fingerprint density at radius 3 is 2.75 bits per heavy atom. The molecule has 0 spiro atoms. The van der Waals surface area contributed by atoms with Crippen molar-refractivity contribution in [2.75, 3.05) is 0 Å². The van der Waals surface area contributed by atoms with E-state index in [0.717, 1.165) is 12.1 Å². The molecule has 0 radical (unpaired) electrons. The van der Waals surface area contributed by atoms with Crippen molar-refractivity contribution < 1.29 is 4.39 Å². The molecule has 0 saturated carbocycles. The number of aromatic nitrogens is 3. The zero-order valence-electron chi connectivity index (χ0n) is 11.5. The molecular weight excluding hydrogens is 257 g/mol. The van der Waals surface area contributed by atoms with Crippen LogP contribution in [0.15, 0.2) is 18.2 Å². The summed E-state index contributed by atoms with van der Waals surface area (Å²) >= 11 is 0. The second-order valence-corrected chi connectivity index (χ2v) is 4.48. The number of rotatable bonds is 4. The molecule has 2 rings (SSSR count). The highest BCUT2D eigenvalue weighted by molar-refractivity contribution is 5.41. The number of benzene rings is 1. The maximum atomic E-state index is 14.1. The van der Waals surface area contributed by atoms with Gasteiger partial charge in [0.2, 0.25) is 0 Å². The van der Waals surface area contributed by atoms with Crippen molar-refractivity contribution >= 4 is 0 Å². The lowest BCUT2D eigenvalue weighted by Crippen LogP contribution is -2.12. The summed E-state index contributed by atoms with van der Waals surface area (Å²) in [5.41, 5.74) is 8.03. The van der Waals surface area contributed by atoms with Gasteiger partial charge in [-0.1, -0.05) is 19.1 Å². The number of nitriles is 1. The first-order valence-electron chi connectivity index (χ1n) is 6.52. The van der Waals surface area contributed by atoms with Crippen LogP contribution < -0.4 is 5.73 Å². The van der Waals surface area contributed by atoms with Crippen molar-refractivity contribution in [1.29, 1.82) is 5.26 Å². The van der Waals surface area contributed by atoms with Gasteiger partial charge >= 0.3 is 0 Å². The molecule has 0 bridgehead atoms. The Morgan fingerprint density at radius 2 is 2.20 bits per heavy atom. The molecule has 1 heterocycles. The molecule has 2 aromatic rings. The van der Waals surface area contributed by atoms with Gasteiger partial charge in [0.05, 0.1) is 23.4 Å². The lowest BCUT2D eigenvalue weighted by molar-refractivity contribution is 0.602. The average molecular weight is 273 g/mol. The quantitative estimate of drug-likeness (QED) is 0.926. The summed E-state index contributed by atoms with van der Waals surface area (Å²) in [5, 5.41) is 16.8. The van der Waals surface area contributed by atoms with E-state index in [9.17, 15) is 4.39 Å². The number of nitrogens with zero attached hydrogens (tertiary/aromatic N) is 4. The second-order valence-electron chi connectivity index (χ2n) is 4.48. The standard InChI is InChI=1S/C14H16FN5/c1-3-11(17)14-12(4-2)20(19-18-14)13-6-5-9(8-16)7-10(13)15/h5-7,11H,3-4,17H2,1-2H3. The molecule has 0 fully saturated rings. The van der Waals surface area contributed by atoms with Gasteiger partial charge in [0, 0.05) is 0 Å². The Morgan fingerprint density at radius 1 is 1.45 bits per heavy atom. The van der Waals surface area contributed by atoms with E-state index in [0.29, 0.717) is 12.1 Å². The molecule has 104 valence electrons. The SMILES string of the molecule is CCc1c(C(N)CC)nnn1-c1ccc(C#N)cc1F. The highest BCUT2D eigenvalue weighted by atomic mass is 19.1. The number of hydrogen-bond acceptors (Lipinski definition) is 4. The van der Waals surface area contributed by atoms with Gasteiger partial charge in [-0.3, -0.25) is 0 Å². The maximum Gasteiger partial charge on any atom is 0.150 e. The average Bonchev–Trinajstić information content (AvgIpc) is 2.89. The fourth-order valence-corrected chi connectivity index (χ4v) is 2.07. The van der Waals surface area contributed by atoms with Crippen LogP contribution in [0, 0.1) is 17.1 Å². The molecule has 2 N–H and O–H groups in total. The highest BCUT2D eigenvalue weighted by Crippen LogP contribution is 2.22. The number of nitrogens with two attached hydrogens (primary N) is 1. The number of halogens is 1. The van der Waals surface area contributed by atoms with E-state index in [1.807, 2.05) is 19.9 Å². The van der Waals surface area contributed by atoms with Crippen LogP contribution >= 0.6 is 0 Å². The molecule has 1 unspecified atom stereocenters. The molecule has 0 aliphatic rings. The van der Waals surface area contributed by atoms with Crippen LogP contribution in [0.1, 0.15) is 43.3 Å². The summed E-state index contributed by atoms with van der Waals surface area (Å²) < 4.78 is 15.5. The van der Waals surface area contributed by atoms with Crippen molar-refractivity contribution in [2.24, 2.45) is 5.73 Å². The van der Waals surface area contributed by atoms with Crippen LogP contribution in [-0.4, -0.2) is 15.0 Å². The third kappa shape index (κ3) is 2.40. The van der Waals surface area contributed by atoms with Gasteiger partial charge in [0.25, 0.3) is 0 Å². The Bertz CT molecular complexity index is 656. The largest absolute Gasteiger partial charge is 0.323 e. The highest BCUT2D eigenvalue weighted by Gasteiger charge is 2.19. The zero-order chi connectivity index (χ0) is 14.7. The molecule has 1 aromatic carbocycles. The fourth-order valence-electron chi connectivity index (χ4n) is 2.07. The van der Waals surface area contributed by atoms with Crippen LogP contribution in [0.3, 0.4) is 0 Å². The maximum absolute atomic E-state index is 14.1. The first kappa shape index (κ1) is 14.2. The van der Waals surface area contributed by atoms with Gasteiger partial charge in [0.15, 0.2) is 0 Å². The molecule has 0 aliphatic heterocycles. The van der Waals surface area contributed by atoms with Crippen molar-refractivity contribution in [3.63, 3.8) is 0 Å². The van der Waals surface area contributed by atoms with Crippen molar-refractivity contribution in [3.8, 4) is 11.8 Å². The molecule has 6 heteroatoms. The third-order valence-electron chi connectivity index (χ3n) is 3.22. The Balaban J connectivity index is 2.54. The molecule has 1 atom stereocenters. The van der Waals surface area contributed by atoms with Crippen LogP contribution in [0.5, 0.6) is 0 Å². The molecule has 0 amide bonds. The van der Waals surface area contributed by atoms with E-state index >= 15 is 0 Å². The Kier molecular flexibility index (Phi) is 4.11. The Hall–Kier alpha value is -2.26. The molecule has 0 saturated heterocycles. The molecule has 1 aromatic heterocycles. The minimum Gasteiger partial charge on any atom is -0.323 e. The van der Waals surface area contributed by atoms with Gasteiger partial charge in [0.1, 0.15) is 17.2 Å². The molecule has 0 aliphatic carbocycles. The van der Waals surface area contributed by atoms with Crippen molar-refractivity contribution in [1.82, 2.24) is 15.0 Å². The van der Waals surface area contributed by atoms with E-state index in [2.05, 4.69) is 10.3 Å². The van der Waals surface area contributed by atoms with Crippen LogP contribution in [-0.2, 0) is 6.42 Å². The van der Waals surface area contributed by atoms with E-state index in [1.54, 1.807) is 6.07 Å². The molecule has 20 heavy (non-hydrogen) atoms. The van der Waals surface area contributed by atoms with E-state index < -0.39 is 5.82 Å². The minimum atomic E-state index is -0.500. The Labute approximate surface area is 116 Å². The van der Waals surface area contributed by atoms with Crippen LogP contribution in [0.2, 0.25) is 0 Å². The van der Waals surface area contributed by atoms with Gasteiger partial charge in [-0.2, -0.15) is 5.26 Å². The summed E-state index contributed by atoms with van der Waals surface area (Å²) in [6, 6.07) is 5.97. The molecule has 5 nitrogen and oxygen atoms in total. The van der Waals surface area contributed by atoms with Crippen LogP contribution in [0.4, 0.5) is 4.39 Å². The summed E-state index contributed by atoms with van der Waals surface area (Å²) in [5.74, 6) is -0.500.